The maximum Gasteiger partial charge on any atom is 0.0134 e. The van der Waals surface area contributed by atoms with E-state index in [1.807, 2.05) is 0 Å². The standard InChI is InChI=1S/C10H20IN/c1-2-3-9-12-10-7-5-4-6-8-11/h2-3,12H,4-10H2,1H3/b3-2+. The summed E-state index contributed by atoms with van der Waals surface area (Å²) in [5.74, 6) is 0. The van der Waals surface area contributed by atoms with Crippen molar-refractivity contribution in [3.8, 4) is 0 Å². The third-order valence-electron chi connectivity index (χ3n) is 1.74. The van der Waals surface area contributed by atoms with Gasteiger partial charge in [0.05, 0.1) is 0 Å². The fourth-order valence-corrected chi connectivity index (χ4v) is 1.54. The Morgan fingerprint density at radius 3 is 2.58 bits per heavy atom. The van der Waals surface area contributed by atoms with E-state index in [9.17, 15) is 0 Å². The van der Waals surface area contributed by atoms with Crippen molar-refractivity contribution in [2.24, 2.45) is 0 Å². The van der Waals surface area contributed by atoms with Gasteiger partial charge in [-0.2, -0.15) is 0 Å². The summed E-state index contributed by atoms with van der Waals surface area (Å²) < 4.78 is 1.31. The highest BCUT2D eigenvalue weighted by Gasteiger charge is 1.87. The van der Waals surface area contributed by atoms with Crippen molar-refractivity contribution < 1.29 is 0 Å². The van der Waals surface area contributed by atoms with Crippen LogP contribution in [0.3, 0.4) is 0 Å². The fourth-order valence-electron chi connectivity index (χ4n) is 1.00. The summed E-state index contributed by atoms with van der Waals surface area (Å²) in [6.45, 7) is 4.26. The second-order valence-electron chi connectivity index (χ2n) is 2.88. The van der Waals surface area contributed by atoms with Gasteiger partial charge < -0.3 is 5.32 Å². The predicted octanol–water partition coefficient (Wildman–Crippen LogP) is 3.15. The van der Waals surface area contributed by atoms with Crippen LogP contribution >= 0.6 is 22.6 Å². The Kier molecular flexibility index (Phi) is 11.8. The minimum Gasteiger partial charge on any atom is -0.313 e. The summed E-state index contributed by atoms with van der Waals surface area (Å²) in [4.78, 5) is 0. The molecule has 0 aromatic heterocycles. The first-order valence-electron chi connectivity index (χ1n) is 4.79. The van der Waals surface area contributed by atoms with E-state index < -0.39 is 0 Å². The van der Waals surface area contributed by atoms with E-state index in [4.69, 9.17) is 0 Å². The lowest BCUT2D eigenvalue weighted by molar-refractivity contribution is 0.624. The largest absolute Gasteiger partial charge is 0.313 e. The van der Waals surface area contributed by atoms with Crippen LogP contribution in [0.4, 0.5) is 0 Å². The van der Waals surface area contributed by atoms with E-state index in [0.29, 0.717) is 0 Å². The third kappa shape index (κ3) is 10.4. The molecule has 0 saturated heterocycles. The molecule has 0 aliphatic rings. The number of nitrogens with one attached hydrogen (secondary N) is 1. The molecule has 0 aromatic rings. The van der Waals surface area contributed by atoms with Crippen molar-refractivity contribution in [2.75, 3.05) is 17.5 Å². The molecule has 0 unspecified atom stereocenters. The highest BCUT2D eigenvalue weighted by molar-refractivity contribution is 14.1. The van der Waals surface area contributed by atoms with Gasteiger partial charge in [0.25, 0.3) is 0 Å². The summed E-state index contributed by atoms with van der Waals surface area (Å²) in [6.07, 6.45) is 9.73. The number of unbranched alkanes of at least 4 members (excludes halogenated alkanes) is 3. The van der Waals surface area contributed by atoms with Gasteiger partial charge in [-0.25, -0.2) is 0 Å². The monoisotopic (exact) mass is 281 g/mol. The highest BCUT2D eigenvalue weighted by Crippen LogP contribution is 2.00. The second-order valence-corrected chi connectivity index (χ2v) is 3.96. The number of halogens is 1. The van der Waals surface area contributed by atoms with Crippen molar-refractivity contribution in [3.63, 3.8) is 0 Å². The molecular formula is C10H20IN. The summed E-state index contributed by atoms with van der Waals surface area (Å²) in [5, 5.41) is 3.37. The maximum atomic E-state index is 3.37. The molecule has 2 heteroatoms. The van der Waals surface area contributed by atoms with Crippen LogP contribution in [0.1, 0.15) is 32.6 Å². The zero-order valence-corrected chi connectivity index (χ0v) is 10.1. The van der Waals surface area contributed by atoms with Crippen LogP contribution in [0.2, 0.25) is 0 Å². The molecule has 0 saturated carbocycles. The third-order valence-corrected chi connectivity index (χ3v) is 2.50. The van der Waals surface area contributed by atoms with Crippen LogP contribution < -0.4 is 5.32 Å². The molecule has 0 radical (unpaired) electrons. The Bertz CT molecular complexity index is 102. The molecule has 1 N–H and O–H groups in total. The smallest absolute Gasteiger partial charge is 0.0134 e. The van der Waals surface area contributed by atoms with Crippen molar-refractivity contribution in [3.05, 3.63) is 12.2 Å². The minimum absolute atomic E-state index is 1.03. The van der Waals surface area contributed by atoms with Crippen LogP contribution in [0, 0.1) is 0 Å². The number of alkyl halides is 1. The van der Waals surface area contributed by atoms with Crippen molar-refractivity contribution in [1.82, 2.24) is 5.32 Å². The van der Waals surface area contributed by atoms with Gasteiger partial charge in [0.2, 0.25) is 0 Å². The Hall–Kier alpha value is 0.430. The van der Waals surface area contributed by atoms with Gasteiger partial charge in [-0.3, -0.25) is 0 Å². The highest BCUT2D eigenvalue weighted by atomic mass is 127. The van der Waals surface area contributed by atoms with Crippen molar-refractivity contribution >= 4 is 22.6 Å². The summed E-state index contributed by atoms with van der Waals surface area (Å²) in [6, 6.07) is 0. The Morgan fingerprint density at radius 1 is 1.17 bits per heavy atom. The van der Waals surface area contributed by atoms with Gasteiger partial charge in [0, 0.05) is 6.54 Å². The average Bonchev–Trinajstić information content (AvgIpc) is 2.10. The molecule has 0 atom stereocenters. The van der Waals surface area contributed by atoms with Gasteiger partial charge >= 0.3 is 0 Å². The second kappa shape index (κ2) is 11.4. The molecule has 12 heavy (non-hydrogen) atoms. The van der Waals surface area contributed by atoms with Crippen molar-refractivity contribution in [2.45, 2.75) is 32.6 Å². The molecule has 0 heterocycles. The molecule has 72 valence electrons. The van der Waals surface area contributed by atoms with E-state index in [0.717, 1.165) is 6.54 Å². The fraction of sp³-hybridized carbons (Fsp3) is 0.800. The van der Waals surface area contributed by atoms with Gasteiger partial charge in [-0.1, -0.05) is 47.6 Å². The van der Waals surface area contributed by atoms with Crippen LogP contribution in [-0.2, 0) is 0 Å². The van der Waals surface area contributed by atoms with E-state index in [1.54, 1.807) is 0 Å². The number of rotatable bonds is 8. The molecule has 1 nitrogen and oxygen atoms in total. The normalized spacial score (nSPS) is 11.2. The van der Waals surface area contributed by atoms with E-state index in [-0.39, 0.29) is 0 Å². The molecule has 0 fully saturated rings. The first-order chi connectivity index (χ1) is 5.91. The topological polar surface area (TPSA) is 12.0 Å². The van der Waals surface area contributed by atoms with Crippen LogP contribution in [0.15, 0.2) is 12.2 Å². The minimum atomic E-state index is 1.03. The van der Waals surface area contributed by atoms with Gasteiger partial charge in [-0.15, -0.1) is 0 Å². The Morgan fingerprint density at radius 2 is 1.92 bits per heavy atom. The number of hydrogen-bond acceptors (Lipinski definition) is 1. The van der Waals surface area contributed by atoms with Crippen molar-refractivity contribution in [1.29, 1.82) is 0 Å². The quantitative estimate of drug-likeness (QED) is 0.312. The first-order valence-corrected chi connectivity index (χ1v) is 6.32. The van der Waals surface area contributed by atoms with E-state index >= 15 is 0 Å². The van der Waals surface area contributed by atoms with Crippen LogP contribution in [0.25, 0.3) is 0 Å². The molecule has 0 rings (SSSR count). The van der Waals surface area contributed by atoms with Crippen LogP contribution in [-0.4, -0.2) is 17.5 Å². The van der Waals surface area contributed by atoms with Gasteiger partial charge in [-0.05, 0) is 30.7 Å². The Labute approximate surface area is 90.1 Å². The SMILES string of the molecule is C/C=C/CNCCCCCCI. The number of hydrogen-bond donors (Lipinski definition) is 1. The molecule has 0 spiro atoms. The zero-order valence-electron chi connectivity index (χ0n) is 7.98. The summed E-state index contributed by atoms with van der Waals surface area (Å²) in [7, 11) is 0. The maximum absolute atomic E-state index is 3.37. The van der Waals surface area contributed by atoms with E-state index in [2.05, 4.69) is 47.0 Å². The molecule has 0 bridgehead atoms. The average molecular weight is 281 g/mol. The van der Waals surface area contributed by atoms with E-state index in [1.165, 1.54) is 36.7 Å². The molecule has 0 aliphatic carbocycles. The van der Waals surface area contributed by atoms with Crippen LogP contribution in [0.5, 0.6) is 0 Å². The van der Waals surface area contributed by atoms with Gasteiger partial charge in [0.1, 0.15) is 0 Å². The van der Waals surface area contributed by atoms with Gasteiger partial charge in [0.15, 0.2) is 0 Å². The summed E-state index contributed by atoms with van der Waals surface area (Å²) in [5.41, 5.74) is 0. The lowest BCUT2D eigenvalue weighted by atomic mass is 10.2. The zero-order chi connectivity index (χ0) is 9.07. The molecular weight excluding hydrogens is 261 g/mol. The molecule has 0 aliphatic heterocycles. The Balaban J connectivity index is 2.81. The lowest BCUT2D eigenvalue weighted by Gasteiger charge is -2.00. The number of allylic oxidation sites excluding steroid dienone is 1. The molecule has 0 aromatic carbocycles. The summed E-state index contributed by atoms with van der Waals surface area (Å²) >= 11 is 2.44. The molecule has 0 amide bonds. The lowest BCUT2D eigenvalue weighted by Crippen LogP contribution is -2.14. The predicted molar refractivity (Wildman–Crippen MR) is 65.0 cm³/mol. The first kappa shape index (κ1) is 12.4.